The molecule has 17 heavy (non-hydrogen) atoms. The van der Waals surface area contributed by atoms with Crippen LogP contribution in [-0.2, 0) is 6.54 Å². The molecule has 4 nitrogen and oxygen atoms in total. The monoisotopic (exact) mass is 233 g/mol. The summed E-state index contributed by atoms with van der Waals surface area (Å²) < 4.78 is 0. The van der Waals surface area contributed by atoms with E-state index in [1.807, 2.05) is 11.0 Å². The molecule has 1 aliphatic rings. The van der Waals surface area contributed by atoms with Crippen LogP contribution in [0.1, 0.15) is 42.2 Å². The van der Waals surface area contributed by atoms with E-state index in [1.54, 1.807) is 12.3 Å². The highest BCUT2D eigenvalue weighted by Crippen LogP contribution is 2.28. The van der Waals surface area contributed by atoms with Crippen molar-refractivity contribution in [3.8, 4) is 0 Å². The Morgan fingerprint density at radius 1 is 1.53 bits per heavy atom. The van der Waals surface area contributed by atoms with Gasteiger partial charge in [-0.1, -0.05) is 13.0 Å². The van der Waals surface area contributed by atoms with E-state index in [9.17, 15) is 4.79 Å². The lowest BCUT2D eigenvalue weighted by Gasteiger charge is -2.21. The van der Waals surface area contributed by atoms with Gasteiger partial charge in [0.15, 0.2) is 0 Å². The number of carbonyl (C=O) groups excluding carboxylic acids is 1. The molecule has 0 atom stereocenters. The zero-order chi connectivity index (χ0) is 12.3. The van der Waals surface area contributed by atoms with Gasteiger partial charge in [-0.25, -0.2) is 0 Å². The van der Waals surface area contributed by atoms with E-state index in [0.717, 1.165) is 31.4 Å². The van der Waals surface area contributed by atoms with Gasteiger partial charge in [0.05, 0.1) is 0 Å². The van der Waals surface area contributed by atoms with Crippen LogP contribution >= 0.6 is 0 Å². The molecular weight excluding hydrogens is 214 g/mol. The van der Waals surface area contributed by atoms with E-state index in [1.165, 1.54) is 0 Å². The number of amides is 1. The summed E-state index contributed by atoms with van der Waals surface area (Å²) in [5, 5.41) is 0. The van der Waals surface area contributed by atoms with Gasteiger partial charge in [-0.05, 0) is 30.9 Å². The highest BCUT2D eigenvalue weighted by atomic mass is 16.2. The molecule has 0 spiro atoms. The van der Waals surface area contributed by atoms with Crippen molar-refractivity contribution in [1.82, 2.24) is 9.88 Å². The normalized spacial score (nSPS) is 14.7. The Morgan fingerprint density at radius 3 is 2.76 bits per heavy atom. The minimum atomic E-state index is 0.0536. The first-order valence-corrected chi connectivity index (χ1v) is 6.22. The zero-order valence-electron chi connectivity index (χ0n) is 10.2. The van der Waals surface area contributed by atoms with Crippen LogP contribution in [-0.4, -0.2) is 28.4 Å². The van der Waals surface area contributed by atoms with Crippen LogP contribution in [0.4, 0.5) is 0 Å². The topological polar surface area (TPSA) is 59.2 Å². The van der Waals surface area contributed by atoms with Gasteiger partial charge in [-0.15, -0.1) is 0 Å². The predicted molar refractivity (Wildman–Crippen MR) is 66.5 cm³/mol. The fourth-order valence-electron chi connectivity index (χ4n) is 1.90. The van der Waals surface area contributed by atoms with Crippen molar-refractivity contribution in [3.63, 3.8) is 0 Å². The van der Waals surface area contributed by atoms with E-state index < -0.39 is 0 Å². The number of aromatic nitrogens is 1. The first-order valence-electron chi connectivity index (χ1n) is 6.22. The van der Waals surface area contributed by atoms with E-state index in [4.69, 9.17) is 5.73 Å². The van der Waals surface area contributed by atoms with Gasteiger partial charge < -0.3 is 10.6 Å². The van der Waals surface area contributed by atoms with Gasteiger partial charge in [-0.3, -0.25) is 9.78 Å². The molecule has 0 unspecified atom stereocenters. The summed E-state index contributed by atoms with van der Waals surface area (Å²) in [5.41, 5.74) is 6.99. The molecular formula is C13H19N3O. The van der Waals surface area contributed by atoms with Crippen LogP contribution in [0.25, 0.3) is 0 Å². The summed E-state index contributed by atoms with van der Waals surface area (Å²) in [4.78, 5) is 18.4. The second-order valence-corrected chi connectivity index (χ2v) is 4.49. The predicted octanol–water partition coefficient (Wildman–Crippen LogP) is 1.55. The van der Waals surface area contributed by atoms with Gasteiger partial charge >= 0.3 is 0 Å². The Kier molecular flexibility index (Phi) is 3.74. The van der Waals surface area contributed by atoms with Crippen LogP contribution in [0.3, 0.4) is 0 Å². The van der Waals surface area contributed by atoms with Gasteiger partial charge in [0.1, 0.15) is 5.69 Å². The summed E-state index contributed by atoms with van der Waals surface area (Å²) in [6.07, 6.45) is 4.94. The summed E-state index contributed by atoms with van der Waals surface area (Å²) >= 11 is 0. The van der Waals surface area contributed by atoms with Gasteiger partial charge in [0.25, 0.3) is 5.91 Å². The highest BCUT2D eigenvalue weighted by molar-refractivity contribution is 5.92. The minimum Gasteiger partial charge on any atom is -0.334 e. The SMILES string of the molecule is CCCN(C(=O)c1ccc(CN)cn1)C1CC1. The highest BCUT2D eigenvalue weighted by Gasteiger charge is 2.32. The number of nitrogens with two attached hydrogens (primary N) is 1. The van der Waals surface area contributed by atoms with Crippen molar-refractivity contribution in [2.24, 2.45) is 5.73 Å². The second-order valence-electron chi connectivity index (χ2n) is 4.49. The Balaban J connectivity index is 2.10. The van der Waals surface area contributed by atoms with Crippen molar-refractivity contribution >= 4 is 5.91 Å². The van der Waals surface area contributed by atoms with E-state index >= 15 is 0 Å². The van der Waals surface area contributed by atoms with Crippen molar-refractivity contribution in [2.45, 2.75) is 38.8 Å². The molecule has 1 saturated carbocycles. The van der Waals surface area contributed by atoms with E-state index in [0.29, 0.717) is 18.3 Å². The Hall–Kier alpha value is -1.42. The molecule has 0 radical (unpaired) electrons. The Bertz CT molecular complexity index is 384. The van der Waals surface area contributed by atoms with Crippen LogP contribution < -0.4 is 5.73 Å². The Labute approximate surface area is 102 Å². The first kappa shape index (κ1) is 12.0. The lowest BCUT2D eigenvalue weighted by atomic mass is 10.2. The molecule has 2 N–H and O–H groups in total. The number of carbonyl (C=O) groups is 1. The molecule has 92 valence electrons. The maximum atomic E-state index is 12.2. The summed E-state index contributed by atoms with van der Waals surface area (Å²) in [7, 11) is 0. The molecule has 2 rings (SSSR count). The average molecular weight is 233 g/mol. The largest absolute Gasteiger partial charge is 0.334 e. The van der Waals surface area contributed by atoms with Crippen LogP contribution in [0.2, 0.25) is 0 Å². The summed E-state index contributed by atoms with van der Waals surface area (Å²) in [6.45, 7) is 3.38. The van der Waals surface area contributed by atoms with Crippen molar-refractivity contribution < 1.29 is 4.79 Å². The zero-order valence-corrected chi connectivity index (χ0v) is 10.2. The molecule has 1 fully saturated rings. The van der Waals surface area contributed by atoms with Crippen molar-refractivity contribution in [2.75, 3.05) is 6.54 Å². The lowest BCUT2D eigenvalue weighted by molar-refractivity contribution is 0.0737. The van der Waals surface area contributed by atoms with Crippen LogP contribution in [0.5, 0.6) is 0 Å². The van der Waals surface area contributed by atoms with Crippen molar-refractivity contribution in [3.05, 3.63) is 29.6 Å². The van der Waals surface area contributed by atoms with Crippen LogP contribution in [0, 0.1) is 0 Å². The molecule has 4 heteroatoms. The Morgan fingerprint density at radius 2 is 2.29 bits per heavy atom. The number of rotatable bonds is 5. The average Bonchev–Trinajstić information content (AvgIpc) is 3.19. The quantitative estimate of drug-likeness (QED) is 0.839. The minimum absolute atomic E-state index is 0.0536. The summed E-state index contributed by atoms with van der Waals surface area (Å²) in [5.74, 6) is 0.0536. The first-order chi connectivity index (χ1) is 8.26. The molecule has 0 saturated heterocycles. The van der Waals surface area contributed by atoms with E-state index in [-0.39, 0.29) is 5.91 Å². The van der Waals surface area contributed by atoms with Gasteiger partial charge in [0, 0.05) is 25.3 Å². The molecule has 0 aliphatic heterocycles. The van der Waals surface area contributed by atoms with E-state index in [2.05, 4.69) is 11.9 Å². The third kappa shape index (κ3) is 2.82. The second kappa shape index (κ2) is 5.27. The summed E-state index contributed by atoms with van der Waals surface area (Å²) in [6, 6.07) is 4.09. The molecule has 1 heterocycles. The third-order valence-corrected chi connectivity index (χ3v) is 2.99. The lowest BCUT2D eigenvalue weighted by Crippen LogP contribution is -2.34. The maximum absolute atomic E-state index is 12.2. The molecule has 1 aliphatic carbocycles. The standard InChI is InChI=1S/C13H19N3O/c1-2-7-16(11-4-5-11)13(17)12-6-3-10(8-14)9-15-12/h3,6,9,11H,2,4-5,7-8,14H2,1H3. The molecule has 1 amide bonds. The number of nitrogens with zero attached hydrogens (tertiary/aromatic N) is 2. The number of hydrogen-bond donors (Lipinski definition) is 1. The van der Waals surface area contributed by atoms with Gasteiger partial charge in [0.2, 0.25) is 0 Å². The molecule has 0 aromatic carbocycles. The van der Waals surface area contributed by atoms with Crippen molar-refractivity contribution in [1.29, 1.82) is 0 Å². The molecule has 1 aromatic rings. The maximum Gasteiger partial charge on any atom is 0.272 e. The molecule has 1 aromatic heterocycles. The number of pyridine rings is 1. The molecule has 0 bridgehead atoms. The fourth-order valence-corrected chi connectivity index (χ4v) is 1.90. The third-order valence-electron chi connectivity index (χ3n) is 2.99. The number of hydrogen-bond acceptors (Lipinski definition) is 3. The fraction of sp³-hybridized carbons (Fsp3) is 0.538. The van der Waals surface area contributed by atoms with Crippen LogP contribution in [0.15, 0.2) is 18.3 Å². The van der Waals surface area contributed by atoms with Gasteiger partial charge in [-0.2, -0.15) is 0 Å². The smallest absolute Gasteiger partial charge is 0.272 e.